The number of oxazole rings is 1. The van der Waals surface area contributed by atoms with E-state index in [1.165, 1.54) is 12.0 Å². The Balaban J connectivity index is 1.76. The van der Waals surface area contributed by atoms with E-state index in [9.17, 15) is 4.79 Å². The van der Waals surface area contributed by atoms with Crippen LogP contribution in [0.5, 0.6) is 0 Å². The molecule has 108 valence electrons. The first-order chi connectivity index (χ1) is 10.1. The summed E-state index contributed by atoms with van der Waals surface area (Å²) in [6.45, 7) is 2.06. The summed E-state index contributed by atoms with van der Waals surface area (Å²) in [5.41, 5.74) is 3.29. The van der Waals surface area contributed by atoms with Gasteiger partial charge in [-0.1, -0.05) is 0 Å². The molecule has 0 fully saturated rings. The van der Waals surface area contributed by atoms with Gasteiger partial charge >= 0.3 is 0 Å². The van der Waals surface area contributed by atoms with Crippen molar-refractivity contribution in [3.8, 4) is 0 Å². The molecule has 2 aromatic heterocycles. The zero-order valence-electron chi connectivity index (χ0n) is 11.9. The molecule has 0 bridgehead atoms. The molecule has 0 aliphatic rings. The second-order valence-electron chi connectivity index (χ2n) is 5.14. The summed E-state index contributed by atoms with van der Waals surface area (Å²) >= 11 is 1.68. The fourth-order valence-corrected chi connectivity index (χ4v) is 2.96. The summed E-state index contributed by atoms with van der Waals surface area (Å²) in [4.78, 5) is 18.4. The van der Waals surface area contributed by atoms with Gasteiger partial charge in [0.15, 0.2) is 12.0 Å². The molecule has 3 rings (SSSR count). The van der Waals surface area contributed by atoms with Crippen molar-refractivity contribution in [1.29, 1.82) is 0 Å². The molecule has 0 spiro atoms. The number of nitrogens with zero attached hydrogens (tertiary/aromatic N) is 2. The van der Waals surface area contributed by atoms with Gasteiger partial charge in [0.05, 0.1) is 0 Å². The Kier molecular flexibility index (Phi) is 3.75. The fraction of sp³-hybridized carbons (Fsp3) is 0.250. The van der Waals surface area contributed by atoms with Gasteiger partial charge in [0, 0.05) is 18.7 Å². The summed E-state index contributed by atoms with van der Waals surface area (Å²) in [5.74, 6) is -0.00368. The van der Waals surface area contributed by atoms with Crippen molar-refractivity contribution in [3.63, 3.8) is 0 Å². The van der Waals surface area contributed by atoms with Crippen LogP contribution in [0.2, 0.25) is 0 Å². The number of rotatable bonds is 4. The molecule has 0 aliphatic heterocycles. The second kappa shape index (κ2) is 5.69. The monoisotopic (exact) mass is 300 g/mol. The SMILES string of the molecule is C[C@H](Cc1ccsc1)N(C)C(=O)c1ccc2ncoc2c1. The highest BCUT2D eigenvalue weighted by atomic mass is 32.1. The predicted molar refractivity (Wildman–Crippen MR) is 83.6 cm³/mol. The number of hydrogen-bond donors (Lipinski definition) is 0. The van der Waals surface area contributed by atoms with E-state index >= 15 is 0 Å². The lowest BCUT2D eigenvalue weighted by atomic mass is 10.1. The Morgan fingerprint density at radius 3 is 3.05 bits per heavy atom. The minimum atomic E-state index is -0.00368. The van der Waals surface area contributed by atoms with Gasteiger partial charge in [-0.25, -0.2) is 4.98 Å². The molecule has 1 aromatic carbocycles. The van der Waals surface area contributed by atoms with Gasteiger partial charge < -0.3 is 9.32 Å². The molecule has 2 heterocycles. The zero-order valence-corrected chi connectivity index (χ0v) is 12.8. The number of carbonyl (C=O) groups is 1. The molecule has 5 heteroatoms. The van der Waals surface area contributed by atoms with Crippen LogP contribution in [0.25, 0.3) is 11.1 Å². The Hall–Kier alpha value is -2.14. The molecule has 3 aromatic rings. The lowest BCUT2D eigenvalue weighted by molar-refractivity contribution is 0.0743. The largest absolute Gasteiger partial charge is 0.443 e. The third-order valence-electron chi connectivity index (χ3n) is 3.67. The van der Waals surface area contributed by atoms with Crippen molar-refractivity contribution in [2.75, 3.05) is 7.05 Å². The summed E-state index contributed by atoms with van der Waals surface area (Å²) < 4.78 is 5.25. The van der Waals surface area contributed by atoms with Crippen LogP contribution in [0.1, 0.15) is 22.8 Å². The number of thiophene rings is 1. The maximum atomic E-state index is 12.5. The zero-order chi connectivity index (χ0) is 14.8. The van der Waals surface area contributed by atoms with Crippen LogP contribution >= 0.6 is 11.3 Å². The topological polar surface area (TPSA) is 46.3 Å². The van der Waals surface area contributed by atoms with Crippen molar-refractivity contribution in [2.45, 2.75) is 19.4 Å². The van der Waals surface area contributed by atoms with Crippen LogP contribution < -0.4 is 0 Å². The summed E-state index contributed by atoms with van der Waals surface area (Å²) in [5, 5.41) is 4.18. The number of hydrogen-bond acceptors (Lipinski definition) is 4. The van der Waals surface area contributed by atoms with Crippen LogP contribution in [0.15, 0.2) is 45.8 Å². The van der Waals surface area contributed by atoms with Gasteiger partial charge in [-0.2, -0.15) is 11.3 Å². The standard InChI is InChI=1S/C16H16N2O2S/c1-11(7-12-5-6-21-9-12)18(2)16(19)13-3-4-14-15(8-13)20-10-17-14/h3-6,8-11H,7H2,1-2H3/t11-/m1/s1. The predicted octanol–water partition coefficient (Wildman–Crippen LogP) is 3.59. The highest BCUT2D eigenvalue weighted by Crippen LogP contribution is 2.17. The molecule has 0 aliphatic carbocycles. The van der Waals surface area contributed by atoms with Gasteiger partial charge in [0.1, 0.15) is 5.52 Å². The van der Waals surface area contributed by atoms with E-state index in [2.05, 4.69) is 28.7 Å². The van der Waals surface area contributed by atoms with Crippen LogP contribution in [-0.4, -0.2) is 28.9 Å². The Morgan fingerprint density at radius 1 is 1.43 bits per heavy atom. The lowest BCUT2D eigenvalue weighted by Crippen LogP contribution is -2.36. The highest BCUT2D eigenvalue weighted by Gasteiger charge is 2.18. The molecule has 0 saturated carbocycles. The Bertz CT molecular complexity index is 749. The molecule has 21 heavy (non-hydrogen) atoms. The molecule has 4 nitrogen and oxygen atoms in total. The van der Waals surface area contributed by atoms with Crippen LogP contribution in [0.4, 0.5) is 0 Å². The summed E-state index contributed by atoms with van der Waals surface area (Å²) in [6, 6.07) is 7.58. The number of amides is 1. The van der Waals surface area contributed by atoms with E-state index in [0.717, 1.165) is 11.9 Å². The summed E-state index contributed by atoms with van der Waals surface area (Å²) in [7, 11) is 1.84. The van der Waals surface area contributed by atoms with E-state index in [0.29, 0.717) is 11.1 Å². The minimum Gasteiger partial charge on any atom is -0.443 e. The molecule has 0 saturated heterocycles. The average molecular weight is 300 g/mol. The first kappa shape index (κ1) is 13.8. The van der Waals surface area contributed by atoms with E-state index in [4.69, 9.17) is 4.42 Å². The van der Waals surface area contributed by atoms with E-state index in [1.807, 2.05) is 13.1 Å². The number of likely N-dealkylation sites (N-methyl/N-ethyl adjacent to an activating group) is 1. The molecular formula is C16H16N2O2S. The van der Waals surface area contributed by atoms with E-state index in [1.54, 1.807) is 28.4 Å². The second-order valence-corrected chi connectivity index (χ2v) is 5.92. The number of benzene rings is 1. The van der Waals surface area contributed by atoms with Crippen LogP contribution in [0.3, 0.4) is 0 Å². The van der Waals surface area contributed by atoms with Crippen molar-refractivity contribution >= 4 is 28.3 Å². The van der Waals surface area contributed by atoms with Crippen LogP contribution in [0, 0.1) is 0 Å². The number of aromatic nitrogens is 1. The third-order valence-corrected chi connectivity index (χ3v) is 4.40. The molecule has 0 radical (unpaired) electrons. The maximum Gasteiger partial charge on any atom is 0.253 e. The fourth-order valence-electron chi connectivity index (χ4n) is 2.28. The van der Waals surface area contributed by atoms with Crippen molar-refractivity contribution in [3.05, 3.63) is 52.5 Å². The first-order valence-electron chi connectivity index (χ1n) is 6.76. The smallest absolute Gasteiger partial charge is 0.253 e. The minimum absolute atomic E-state index is 0.00368. The van der Waals surface area contributed by atoms with Gasteiger partial charge in [0.2, 0.25) is 0 Å². The number of carbonyl (C=O) groups excluding carboxylic acids is 1. The number of fused-ring (bicyclic) bond motifs is 1. The van der Waals surface area contributed by atoms with Crippen LogP contribution in [-0.2, 0) is 6.42 Å². The van der Waals surface area contributed by atoms with Gasteiger partial charge in [0.25, 0.3) is 5.91 Å². The van der Waals surface area contributed by atoms with Crippen molar-refractivity contribution in [1.82, 2.24) is 9.88 Å². The van der Waals surface area contributed by atoms with Gasteiger partial charge in [-0.3, -0.25) is 4.79 Å². The average Bonchev–Trinajstić information content (AvgIpc) is 3.15. The highest BCUT2D eigenvalue weighted by molar-refractivity contribution is 7.07. The van der Waals surface area contributed by atoms with E-state index in [-0.39, 0.29) is 11.9 Å². The normalized spacial score (nSPS) is 12.5. The Morgan fingerprint density at radius 2 is 2.29 bits per heavy atom. The Labute approximate surface area is 127 Å². The quantitative estimate of drug-likeness (QED) is 0.739. The first-order valence-corrected chi connectivity index (χ1v) is 7.71. The molecule has 1 amide bonds. The molecule has 1 atom stereocenters. The lowest BCUT2D eigenvalue weighted by Gasteiger charge is -2.24. The molecule has 0 unspecified atom stereocenters. The van der Waals surface area contributed by atoms with Crippen molar-refractivity contribution < 1.29 is 9.21 Å². The maximum absolute atomic E-state index is 12.5. The third kappa shape index (κ3) is 2.83. The van der Waals surface area contributed by atoms with Gasteiger partial charge in [-0.05, 0) is 53.9 Å². The molecular weight excluding hydrogens is 284 g/mol. The molecule has 0 N–H and O–H groups in total. The van der Waals surface area contributed by atoms with E-state index < -0.39 is 0 Å². The van der Waals surface area contributed by atoms with Gasteiger partial charge in [-0.15, -0.1) is 0 Å². The van der Waals surface area contributed by atoms with Crippen molar-refractivity contribution in [2.24, 2.45) is 0 Å². The summed E-state index contributed by atoms with van der Waals surface area (Å²) in [6.07, 6.45) is 2.25.